The van der Waals surface area contributed by atoms with Crippen molar-refractivity contribution in [3.05, 3.63) is 71.4 Å². The van der Waals surface area contributed by atoms with Crippen molar-refractivity contribution in [2.75, 3.05) is 26.2 Å². The third kappa shape index (κ3) is 4.05. The van der Waals surface area contributed by atoms with Gasteiger partial charge in [-0.2, -0.15) is 4.31 Å². The van der Waals surface area contributed by atoms with Gasteiger partial charge in [-0.3, -0.25) is 4.79 Å². The highest BCUT2D eigenvalue weighted by Gasteiger charge is 2.31. The summed E-state index contributed by atoms with van der Waals surface area (Å²) in [6.45, 7) is 0.917. The van der Waals surface area contributed by atoms with E-state index in [0.29, 0.717) is 10.7 Å². The van der Waals surface area contributed by atoms with Gasteiger partial charge in [-0.05, 0) is 18.2 Å². The normalized spacial score (nSPS) is 15.4. The van der Waals surface area contributed by atoms with Crippen LogP contribution in [0.5, 0.6) is 0 Å². The zero-order chi connectivity index (χ0) is 20.4. The van der Waals surface area contributed by atoms with E-state index in [1.54, 1.807) is 23.1 Å². The predicted octanol–water partition coefficient (Wildman–Crippen LogP) is 3.14. The SMILES string of the molecule is O=C(c1cc(-c2ccccc2)no1)N1CCN(S(=O)(=O)c2cccc(Cl)c2)CC1. The molecule has 1 amide bonds. The van der Waals surface area contributed by atoms with E-state index in [1.165, 1.54) is 16.4 Å². The first-order valence-electron chi connectivity index (χ1n) is 9.02. The van der Waals surface area contributed by atoms with Crippen LogP contribution in [0.15, 0.2) is 70.1 Å². The van der Waals surface area contributed by atoms with Crippen LogP contribution in [0.2, 0.25) is 5.02 Å². The first kappa shape index (κ1) is 19.6. The molecule has 9 heteroatoms. The van der Waals surface area contributed by atoms with E-state index >= 15 is 0 Å². The molecule has 4 rings (SSSR count). The van der Waals surface area contributed by atoms with Crippen LogP contribution in [0.3, 0.4) is 0 Å². The predicted molar refractivity (Wildman–Crippen MR) is 108 cm³/mol. The average Bonchev–Trinajstić information content (AvgIpc) is 3.24. The molecule has 1 aromatic heterocycles. The van der Waals surface area contributed by atoms with E-state index in [1.807, 2.05) is 30.3 Å². The molecular formula is C20H18ClN3O4S. The van der Waals surface area contributed by atoms with Crippen LogP contribution in [0.25, 0.3) is 11.3 Å². The molecule has 1 saturated heterocycles. The average molecular weight is 432 g/mol. The van der Waals surface area contributed by atoms with Gasteiger partial charge in [0, 0.05) is 42.8 Å². The standard InChI is InChI=1S/C20H18ClN3O4S/c21-16-7-4-8-17(13-16)29(26,27)24-11-9-23(10-12-24)20(25)19-14-18(22-28-19)15-5-2-1-3-6-15/h1-8,13-14H,9-12H2. The first-order chi connectivity index (χ1) is 13.9. The summed E-state index contributed by atoms with van der Waals surface area (Å²) in [6, 6.07) is 17.2. The van der Waals surface area contributed by atoms with Gasteiger partial charge in [-0.1, -0.05) is 53.2 Å². The molecule has 0 N–H and O–H groups in total. The highest BCUT2D eigenvalue weighted by molar-refractivity contribution is 7.89. The van der Waals surface area contributed by atoms with Crippen LogP contribution in [0, 0.1) is 0 Å². The van der Waals surface area contributed by atoms with E-state index < -0.39 is 10.0 Å². The molecule has 7 nitrogen and oxygen atoms in total. The molecule has 0 radical (unpaired) electrons. The zero-order valence-corrected chi connectivity index (χ0v) is 16.9. The Morgan fingerprint density at radius 3 is 2.38 bits per heavy atom. The Balaban J connectivity index is 1.43. The summed E-state index contributed by atoms with van der Waals surface area (Å²) >= 11 is 5.92. The van der Waals surface area contributed by atoms with Gasteiger partial charge in [-0.25, -0.2) is 8.42 Å². The second-order valence-electron chi connectivity index (χ2n) is 6.60. The molecule has 0 unspecified atom stereocenters. The Kier molecular flexibility index (Phi) is 5.40. The lowest BCUT2D eigenvalue weighted by Gasteiger charge is -2.33. The fourth-order valence-corrected chi connectivity index (χ4v) is 4.91. The maximum Gasteiger partial charge on any atom is 0.292 e. The third-order valence-electron chi connectivity index (χ3n) is 4.75. The van der Waals surface area contributed by atoms with Crippen LogP contribution in [0.4, 0.5) is 0 Å². The first-order valence-corrected chi connectivity index (χ1v) is 10.8. The number of amides is 1. The number of piperazine rings is 1. The van der Waals surface area contributed by atoms with Crippen LogP contribution in [-0.2, 0) is 10.0 Å². The Hall–Kier alpha value is -2.68. The molecule has 2 aromatic carbocycles. The van der Waals surface area contributed by atoms with Crippen molar-refractivity contribution < 1.29 is 17.7 Å². The molecule has 3 aromatic rings. The zero-order valence-electron chi connectivity index (χ0n) is 15.4. The second-order valence-corrected chi connectivity index (χ2v) is 8.97. The lowest BCUT2D eigenvalue weighted by Crippen LogP contribution is -2.50. The Labute approximate surface area is 173 Å². The summed E-state index contributed by atoms with van der Waals surface area (Å²) in [6.07, 6.45) is 0. The smallest absolute Gasteiger partial charge is 0.292 e. The van der Waals surface area contributed by atoms with E-state index in [0.717, 1.165) is 5.56 Å². The summed E-state index contributed by atoms with van der Waals surface area (Å²) in [5.74, 6) is -0.172. The minimum absolute atomic E-state index is 0.134. The number of halogens is 1. The molecule has 1 fully saturated rings. The molecule has 29 heavy (non-hydrogen) atoms. The van der Waals surface area contributed by atoms with Gasteiger partial charge in [0.15, 0.2) is 0 Å². The largest absolute Gasteiger partial charge is 0.350 e. The topological polar surface area (TPSA) is 83.7 Å². The van der Waals surface area contributed by atoms with Gasteiger partial charge in [0.05, 0.1) is 4.90 Å². The number of nitrogens with zero attached hydrogens (tertiary/aromatic N) is 3. The van der Waals surface area contributed by atoms with Gasteiger partial charge in [0.2, 0.25) is 15.8 Å². The molecule has 150 valence electrons. The molecule has 0 atom stereocenters. The van der Waals surface area contributed by atoms with E-state index in [2.05, 4.69) is 5.16 Å². The number of hydrogen-bond donors (Lipinski definition) is 0. The number of hydrogen-bond acceptors (Lipinski definition) is 5. The molecule has 0 saturated carbocycles. The molecule has 0 aliphatic carbocycles. The van der Waals surface area contributed by atoms with Crippen LogP contribution < -0.4 is 0 Å². The van der Waals surface area contributed by atoms with Gasteiger partial charge < -0.3 is 9.42 Å². The molecule has 0 spiro atoms. The fourth-order valence-electron chi connectivity index (χ4n) is 3.18. The van der Waals surface area contributed by atoms with Crippen molar-refractivity contribution in [2.24, 2.45) is 0 Å². The van der Waals surface area contributed by atoms with Gasteiger partial charge in [0.25, 0.3) is 5.91 Å². The monoisotopic (exact) mass is 431 g/mol. The summed E-state index contributed by atoms with van der Waals surface area (Å²) in [4.78, 5) is 14.4. The Bertz CT molecular complexity index is 1120. The van der Waals surface area contributed by atoms with Crippen molar-refractivity contribution in [1.29, 1.82) is 0 Å². The Morgan fingerprint density at radius 2 is 1.69 bits per heavy atom. The number of sulfonamides is 1. The second kappa shape index (κ2) is 7.98. The fraction of sp³-hybridized carbons (Fsp3) is 0.200. The number of carbonyl (C=O) groups is 1. The summed E-state index contributed by atoms with van der Waals surface area (Å²) < 4.78 is 32.1. The van der Waals surface area contributed by atoms with Crippen molar-refractivity contribution in [1.82, 2.24) is 14.4 Å². The van der Waals surface area contributed by atoms with Gasteiger partial charge in [-0.15, -0.1) is 0 Å². The molecule has 0 bridgehead atoms. The minimum atomic E-state index is -3.66. The maximum absolute atomic E-state index is 12.8. The molecule has 1 aliphatic rings. The lowest BCUT2D eigenvalue weighted by molar-refractivity contribution is 0.0656. The minimum Gasteiger partial charge on any atom is -0.350 e. The number of rotatable bonds is 4. The quantitative estimate of drug-likeness (QED) is 0.633. The highest BCUT2D eigenvalue weighted by Crippen LogP contribution is 2.23. The molecular weight excluding hydrogens is 414 g/mol. The maximum atomic E-state index is 12.8. The Morgan fingerprint density at radius 1 is 0.966 bits per heavy atom. The summed E-state index contributed by atoms with van der Waals surface area (Å²) in [5, 5.41) is 4.32. The van der Waals surface area contributed by atoms with Gasteiger partial charge >= 0.3 is 0 Å². The van der Waals surface area contributed by atoms with Crippen molar-refractivity contribution in [3.8, 4) is 11.3 Å². The van der Waals surface area contributed by atoms with Crippen molar-refractivity contribution in [3.63, 3.8) is 0 Å². The number of benzene rings is 2. The van der Waals surface area contributed by atoms with E-state index in [9.17, 15) is 13.2 Å². The lowest BCUT2D eigenvalue weighted by atomic mass is 10.1. The van der Waals surface area contributed by atoms with Crippen molar-refractivity contribution in [2.45, 2.75) is 4.90 Å². The van der Waals surface area contributed by atoms with E-state index in [4.69, 9.17) is 16.1 Å². The number of carbonyl (C=O) groups excluding carboxylic acids is 1. The van der Waals surface area contributed by atoms with Crippen LogP contribution >= 0.6 is 11.6 Å². The third-order valence-corrected chi connectivity index (χ3v) is 6.88. The van der Waals surface area contributed by atoms with E-state index in [-0.39, 0.29) is 42.7 Å². The van der Waals surface area contributed by atoms with Crippen LogP contribution in [-0.4, -0.2) is 54.9 Å². The highest BCUT2D eigenvalue weighted by atomic mass is 35.5. The summed E-state index contributed by atoms with van der Waals surface area (Å²) in [7, 11) is -3.66. The van der Waals surface area contributed by atoms with Crippen molar-refractivity contribution >= 4 is 27.5 Å². The number of aromatic nitrogens is 1. The van der Waals surface area contributed by atoms with Crippen LogP contribution in [0.1, 0.15) is 10.6 Å². The molecule has 2 heterocycles. The van der Waals surface area contributed by atoms with Gasteiger partial charge in [0.1, 0.15) is 5.69 Å². The molecule has 1 aliphatic heterocycles. The summed E-state index contributed by atoms with van der Waals surface area (Å²) in [5.41, 5.74) is 1.43.